The smallest absolute Gasteiger partial charge is 0.159 e. The molecular formula is C59H50N2O. The maximum Gasteiger partial charge on any atom is 0.159 e. The second-order valence-electron chi connectivity index (χ2n) is 19.6. The second-order valence-corrected chi connectivity index (χ2v) is 19.6. The molecule has 14 rings (SSSR count). The number of hydrogen-bond acceptors (Lipinski definition) is 3. The molecule has 9 aromatic rings. The summed E-state index contributed by atoms with van der Waals surface area (Å²) < 4.78 is 6.98. The highest BCUT2D eigenvalue weighted by molar-refractivity contribution is 6.13. The lowest BCUT2D eigenvalue weighted by atomic mass is 9.48. The lowest BCUT2D eigenvalue weighted by Gasteiger charge is -2.57. The molecule has 0 aliphatic heterocycles. The molecular weight excluding hydrogens is 753 g/mol. The molecule has 0 spiro atoms. The molecule has 302 valence electrons. The van der Waals surface area contributed by atoms with Crippen LogP contribution < -0.4 is 9.80 Å². The minimum Gasteiger partial charge on any atom is -0.454 e. The number of fused-ring (bicyclic) bond motifs is 7. The Morgan fingerprint density at radius 3 is 1.85 bits per heavy atom. The molecule has 3 nitrogen and oxygen atoms in total. The Bertz CT molecular complexity index is 3170. The zero-order valence-electron chi connectivity index (χ0n) is 35.5. The molecule has 4 fully saturated rings. The van der Waals surface area contributed by atoms with Gasteiger partial charge in [-0.2, -0.15) is 0 Å². The van der Waals surface area contributed by atoms with Gasteiger partial charge in [-0.25, -0.2) is 0 Å². The number of furan rings is 1. The summed E-state index contributed by atoms with van der Waals surface area (Å²) in [5.41, 5.74) is 15.4. The first-order valence-corrected chi connectivity index (χ1v) is 22.8. The summed E-state index contributed by atoms with van der Waals surface area (Å²) in [4.78, 5) is 4.92. The van der Waals surface area contributed by atoms with Gasteiger partial charge in [-0.15, -0.1) is 0 Å². The highest BCUT2D eigenvalue weighted by Crippen LogP contribution is 2.61. The Kier molecular flexibility index (Phi) is 7.84. The van der Waals surface area contributed by atoms with Crippen LogP contribution in [0.15, 0.2) is 180 Å². The summed E-state index contributed by atoms with van der Waals surface area (Å²) in [5.74, 6) is 2.72. The molecule has 5 aliphatic carbocycles. The van der Waals surface area contributed by atoms with E-state index in [1.807, 2.05) is 0 Å². The lowest BCUT2D eigenvalue weighted by molar-refractivity contribution is -0.00518. The highest BCUT2D eigenvalue weighted by Gasteiger charge is 2.51. The van der Waals surface area contributed by atoms with E-state index in [9.17, 15) is 0 Å². The predicted molar refractivity (Wildman–Crippen MR) is 258 cm³/mol. The van der Waals surface area contributed by atoms with E-state index in [4.69, 9.17) is 4.42 Å². The van der Waals surface area contributed by atoms with E-state index in [1.54, 1.807) is 5.56 Å². The molecule has 0 saturated heterocycles. The monoisotopic (exact) mass is 802 g/mol. The van der Waals surface area contributed by atoms with Crippen molar-refractivity contribution in [2.75, 3.05) is 9.80 Å². The van der Waals surface area contributed by atoms with Crippen LogP contribution in [-0.4, -0.2) is 0 Å². The first-order chi connectivity index (χ1) is 30.4. The van der Waals surface area contributed by atoms with Crippen molar-refractivity contribution in [1.82, 2.24) is 0 Å². The molecule has 62 heavy (non-hydrogen) atoms. The van der Waals surface area contributed by atoms with Crippen LogP contribution >= 0.6 is 0 Å². The van der Waals surface area contributed by atoms with Crippen molar-refractivity contribution < 1.29 is 4.42 Å². The minimum absolute atomic E-state index is 0.145. The summed E-state index contributed by atoms with van der Waals surface area (Å²) in [6.45, 7) is 4.73. The Hall–Kier alpha value is -6.58. The summed E-state index contributed by atoms with van der Waals surface area (Å²) in [7, 11) is 0. The highest BCUT2D eigenvalue weighted by atomic mass is 16.3. The van der Waals surface area contributed by atoms with E-state index in [-0.39, 0.29) is 5.41 Å². The van der Waals surface area contributed by atoms with E-state index in [1.165, 1.54) is 71.6 Å². The van der Waals surface area contributed by atoms with E-state index in [2.05, 4.69) is 200 Å². The summed E-state index contributed by atoms with van der Waals surface area (Å²) in [5, 5.41) is 4.65. The molecule has 0 N–H and O–H groups in total. The first kappa shape index (κ1) is 36.1. The zero-order chi connectivity index (χ0) is 41.2. The number of anilines is 6. The summed E-state index contributed by atoms with van der Waals surface area (Å²) in [6.07, 6.45) is 8.45. The molecule has 8 aromatic carbocycles. The zero-order valence-corrected chi connectivity index (χ0v) is 35.5. The van der Waals surface area contributed by atoms with Crippen LogP contribution in [0.1, 0.15) is 69.1 Å². The number of benzene rings is 8. The average Bonchev–Trinajstić information content (AvgIpc) is 3.78. The average molecular weight is 803 g/mol. The van der Waals surface area contributed by atoms with E-state index in [0.717, 1.165) is 73.8 Å². The molecule has 0 amide bonds. The van der Waals surface area contributed by atoms with Crippen molar-refractivity contribution in [1.29, 1.82) is 0 Å². The van der Waals surface area contributed by atoms with Crippen LogP contribution in [0.4, 0.5) is 34.1 Å². The van der Waals surface area contributed by atoms with Gasteiger partial charge >= 0.3 is 0 Å². The van der Waals surface area contributed by atoms with Gasteiger partial charge in [0.1, 0.15) is 5.58 Å². The van der Waals surface area contributed by atoms with Crippen LogP contribution in [0.25, 0.3) is 43.8 Å². The van der Waals surface area contributed by atoms with Crippen LogP contribution in [-0.2, 0) is 10.8 Å². The number of hydrogen-bond donors (Lipinski definition) is 0. The quantitative estimate of drug-likeness (QED) is 0.160. The Labute approximate surface area is 364 Å². The van der Waals surface area contributed by atoms with Crippen molar-refractivity contribution in [2.24, 2.45) is 17.8 Å². The Morgan fingerprint density at radius 2 is 1.06 bits per heavy atom. The van der Waals surface area contributed by atoms with Crippen molar-refractivity contribution in [2.45, 2.75) is 63.2 Å². The number of nitrogens with zero attached hydrogens (tertiary/aromatic N) is 2. The van der Waals surface area contributed by atoms with Gasteiger partial charge < -0.3 is 14.2 Å². The van der Waals surface area contributed by atoms with Gasteiger partial charge in [-0.05, 0) is 156 Å². The van der Waals surface area contributed by atoms with Gasteiger partial charge in [0, 0.05) is 44.3 Å². The van der Waals surface area contributed by atoms with Gasteiger partial charge in [-0.3, -0.25) is 0 Å². The third kappa shape index (κ3) is 5.43. The standard InChI is InChI=1S/C59H50N2O/c1-58(2)52-20-10-8-18-48(52)49-28-27-45(33-53(49)58)60(43-15-4-3-5-16-43)55-34-46(32-51-50-19-9-11-22-56(50)62-57(51)55)61(54-21-12-14-41-13-6-7-17-47(41)54)44-25-23-42(24-26-44)59-35-38-29-39(36-59)31-40(30-38)37-59/h3-28,32-34,38-40H,29-31,35-37H2,1-2H3. The van der Waals surface area contributed by atoms with Gasteiger partial charge in [0.25, 0.3) is 0 Å². The maximum atomic E-state index is 6.98. The van der Waals surface area contributed by atoms with Crippen molar-refractivity contribution in [3.8, 4) is 11.1 Å². The molecule has 0 unspecified atom stereocenters. The molecule has 0 atom stereocenters. The van der Waals surface area contributed by atoms with E-state index < -0.39 is 0 Å². The third-order valence-electron chi connectivity index (χ3n) is 15.6. The summed E-state index contributed by atoms with van der Waals surface area (Å²) in [6, 6.07) is 65.4. The van der Waals surface area contributed by atoms with Gasteiger partial charge in [0.2, 0.25) is 0 Å². The molecule has 1 heterocycles. The summed E-state index contributed by atoms with van der Waals surface area (Å²) >= 11 is 0. The normalized spacial score (nSPS) is 21.7. The minimum atomic E-state index is -0.145. The Balaban J connectivity index is 1.04. The maximum absolute atomic E-state index is 6.98. The fraction of sp³-hybridized carbons (Fsp3) is 0.220. The fourth-order valence-electron chi connectivity index (χ4n) is 13.2. The second kappa shape index (κ2) is 13.5. The SMILES string of the molecule is CC1(C)c2ccccc2-c2ccc(N(c3ccccc3)c3cc(N(c4ccc(C56CC7CC(CC(C7)C5)C6)cc4)c4cccc5ccccc45)cc4c3oc3ccccc34)cc21. The fourth-order valence-corrected chi connectivity index (χ4v) is 13.2. The Morgan fingerprint density at radius 1 is 0.452 bits per heavy atom. The molecule has 4 bridgehead atoms. The van der Waals surface area contributed by atoms with Gasteiger partial charge in [0.15, 0.2) is 5.58 Å². The van der Waals surface area contributed by atoms with E-state index >= 15 is 0 Å². The molecule has 3 heteroatoms. The van der Waals surface area contributed by atoms with Gasteiger partial charge in [-0.1, -0.05) is 129 Å². The molecule has 5 aliphatic rings. The van der Waals surface area contributed by atoms with Gasteiger partial charge in [0.05, 0.1) is 11.4 Å². The molecule has 4 saturated carbocycles. The number of para-hydroxylation sites is 2. The predicted octanol–water partition coefficient (Wildman–Crippen LogP) is 16.5. The van der Waals surface area contributed by atoms with Crippen molar-refractivity contribution in [3.05, 3.63) is 193 Å². The molecule has 0 radical (unpaired) electrons. The number of rotatable bonds is 7. The topological polar surface area (TPSA) is 19.6 Å². The van der Waals surface area contributed by atoms with Crippen LogP contribution in [0.2, 0.25) is 0 Å². The van der Waals surface area contributed by atoms with Crippen molar-refractivity contribution in [3.63, 3.8) is 0 Å². The molecule has 1 aromatic heterocycles. The largest absolute Gasteiger partial charge is 0.454 e. The van der Waals surface area contributed by atoms with Crippen LogP contribution in [0, 0.1) is 17.8 Å². The lowest BCUT2D eigenvalue weighted by Crippen LogP contribution is -2.48. The van der Waals surface area contributed by atoms with Crippen LogP contribution in [0.3, 0.4) is 0 Å². The van der Waals surface area contributed by atoms with Crippen LogP contribution in [0.5, 0.6) is 0 Å². The third-order valence-corrected chi connectivity index (χ3v) is 15.6. The van der Waals surface area contributed by atoms with E-state index in [0.29, 0.717) is 5.41 Å². The first-order valence-electron chi connectivity index (χ1n) is 22.8. The van der Waals surface area contributed by atoms with Crippen molar-refractivity contribution >= 4 is 66.8 Å².